The van der Waals surface area contributed by atoms with Gasteiger partial charge in [-0.2, -0.15) is 0 Å². The Bertz CT molecular complexity index is 1030. The maximum absolute atomic E-state index is 13.2. The number of halogens is 2. The molecule has 3 rings (SSSR count). The van der Waals surface area contributed by atoms with Crippen LogP contribution in [-0.2, 0) is 17.3 Å². The fraction of sp³-hybridized carbons (Fsp3) is 0.286. The highest BCUT2D eigenvalue weighted by Gasteiger charge is 2.16. The van der Waals surface area contributed by atoms with Crippen LogP contribution in [0.1, 0.15) is 26.3 Å². The van der Waals surface area contributed by atoms with Gasteiger partial charge in [-0.3, -0.25) is 4.79 Å². The Hall–Kier alpha value is -2.38. The molecule has 0 bridgehead atoms. The quantitative estimate of drug-likeness (QED) is 0.555. The Balaban J connectivity index is 1.65. The van der Waals surface area contributed by atoms with Crippen LogP contribution in [0.5, 0.6) is 0 Å². The van der Waals surface area contributed by atoms with E-state index in [1.165, 1.54) is 35.5 Å². The van der Waals surface area contributed by atoms with Gasteiger partial charge in [-0.15, -0.1) is 10.2 Å². The number of carbonyl (C=O) groups excluding carboxylic acids is 1. The van der Waals surface area contributed by atoms with Crippen LogP contribution in [0.4, 0.5) is 10.1 Å². The smallest absolute Gasteiger partial charge is 0.234 e. The lowest BCUT2D eigenvalue weighted by Crippen LogP contribution is -2.14. The number of carbonyl (C=O) groups is 1. The third-order valence-electron chi connectivity index (χ3n) is 4.38. The maximum atomic E-state index is 13.2. The molecule has 5 nitrogen and oxygen atoms in total. The van der Waals surface area contributed by atoms with Gasteiger partial charge in [0.1, 0.15) is 5.82 Å². The minimum Gasteiger partial charge on any atom is -0.325 e. The van der Waals surface area contributed by atoms with Crippen molar-refractivity contribution in [2.45, 2.75) is 31.3 Å². The average molecular weight is 433 g/mol. The predicted octanol–water partition coefficient (Wildman–Crippen LogP) is 5.30. The number of thioether (sulfide) groups is 1. The van der Waals surface area contributed by atoms with E-state index in [1.807, 2.05) is 23.7 Å². The van der Waals surface area contributed by atoms with E-state index in [0.29, 0.717) is 10.8 Å². The average Bonchev–Trinajstić information content (AvgIpc) is 3.03. The number of amides is 1. The number of hydrogen-bond acceptors (Lipinski definition) is 4. The molecule has 0 fully saturated rings. The molecule has 0 aliphatic rings. The molecule has 0 aliphatic heterocycles. The first-order valence-electron chi connectivity index (χ1n) is 9.03. The molecular formula is C21H22ClFN4OS. The summed E-state index contributed by atoms with van der Waals surface area (Å²) < 4.78 is 15.1. The zero-order chi connectivity index (χ0) is 21.2. The van der Waals surface area contributed by atoms with E-state index >= 15 is 0 Å². The molecule has 0 unspecified atom stereocenters. The van der Waals surface area contributed by atoms with Crippen LogP contribution in [0.15, 0.2) is 47.6 Å². The number of nitrogens with one attached hydrogen (secondary N) is 1. The molecule has 1 heterocycles. The van der Waals surface area contributed by atoms with E-state index in [4.69, 9.17) is 11.6 Å². The van der Waals surface area contributed by atoms with E-state index in [2.05, 4.69) is 48.4 Å². The second-order valence-corrected chi connectivity index (χ2v) is 9.01. The Morgan fingerprint density at radius 2 is 1.86 bits per heavy atom. The molecule has 0 atom stereocenters. The molecule has 1 N–H and O–H groups in total. The summed E-state index contributed by atoms with van der Waals surface area (Å²) in [5.41, 5.74) is 2.74. The summed E-state index contributed by atoms with van der Waals surface area (Å²) in [7, 11) is 1.87. The Morgan fingerprint density at radius 3 is 2.48 bits per heavy atom. The van der Waals surface area contributed by atoms with Crippen molar-refractivity contribution < 1.29 is 9.18 Å². The highest BCUT2D eigenvalue weighted by atomic mass is 35.5. The maximum Gasteiger partial charge on any atom is 0.234 e. The highest BCUT2D eigenvalue weighted by Crippen LogP contribution is 2.27. The molecule has 29 heavy (non-hydrogen) atoms. The van der Waals surface area contributed by atoms with Gasteiger partial charge in [0.05, 0.1) is 10.8 Å². The van der Waals surface area contributed by atoms with Crippen molar-refractivity contribution in [2.24, 2.45) is 7.05 Å². The molecule has 1 aromatic heterocycles. The summed E-state index contributed by atoms with van der Waals surface area (Å²) >= 11 is 7.01. The van der Waals surface area contributed by atoms with Crippen LogP contribution < -0.4 is 5.32 Å². The normalized spacial score (nSPS) is 11.5. The monoisotopic (exact) mass is 432 g/mol. The summed E-state index contributed by atoms with van der Waals surface area (Å²) in [5.74, 6) is 0.112. The van der Waals surface area contributed by atoms with Crippen molar-refractivity contribution in [3.63, 3.8) is 0 Å². The van der Waals surface area contributed by atoms with Gasteiger partial charge in [-0.05, 0) is 29.2 Å². The number of benzene rings is 2. The van der Waals surface area contributed by atoms with Crippen LogP contribution in [0.2, 0.25) is 5.02 Å². The lowest BCUT2D eigenvalue weighted by atomic mass is 9.87. The van der Waals surface area contributed by atoms with Gasteiger partial charge in [0.25, 0.3) is 0 Å². The lowest BCUT2D eigenvalue weighted by Gasteiger charge is -2.19. The van der Waals surface area contributed by atoms with E-state index in [0.717, 1.165) is 11.4 Å². The molecule has 0 saturated heterocycles. The van der Waals surface area contributed by atoms with Crippen molar-refractivity contribution in [1.82, 2.24) is 14.8 Å². The van der Waals surface area contributed by atoms with Gasteiger partial charge in [0.2, 0.25) is 5.91 Å². The number of hydrogen-bond donors (Lipinski definition) is 1. The van der Waals surface area contributed by atoms with Crippen LogP contribution in [0, 0.1) is 5.82 Å². The van der Waals surface area contributed by atoms with Crippen molar-refractivity contribution in [3.05, 3.63) is 58.9 Å². The van der Waals surface area contributed by atoms with Gasteiger partial charge in [-0.1, -0.05) is 68.4 Å². The molecule has 8 heteroatoms. The summed E-state index contributed by atoms with van der Waals surface area (Å²) in [6.07, 6.45) is 0. The summed E-state index contributed by atoms with van der Waals surface area (Å²) in [6.45, 7) is 6.51. The van der Waals surface area contributed by atoms with Gasteiger partial charge in [-0.25, -0.2) is 4.39 Å². The third kappa shape index (κ3) is 5.16. The fourth-order valence-corrected chi connectivity index (χ4v) is 3.60. The van der Waals surface area contributed by atoms with Crippen molar-refractivity contribution in [3.8, 4) is 11.4 Å². The van der Waals surface area contributed by atoms with Gasteiger partial charge >= 0.3 is 0 Å². The second kappa shape index (κ2) is 8.55. The largest absolute Gasteiger partial charge is 0.325 e. The minimum atomic E-state index is -0.527. The van der Waals surface area contributed by atoms with E-state index < -0.39 is 5.82 Å². The van der Waals surface area contributed by atoms with Crippen molar-refractivity contribution >= 4 is 35.0 Å². The first-order valence-corrected chi connectivity index (χ1v) is 10.4. The molecule has 2 aromatic carbocycles. The van der Waals surface area contributed by atoms with Gasteiger partial charge in [0.15, 0.2) is 11.0 Å². The van der Waals surface area contributed by atoms with Crippen LogP contribution in [-0.4, -0.2) is 26.4 Å². The number of anilines is 1. The molecule has 0 aliphatic carbocycles. The highest BCUT2D eigenvalue weighted by molar-refractivity contribution is 7.99. The minimum absolute atomic E-state index is 0.0362. The summed E-state index contributed by atoms with van der Waals surface area (Å²) in [4.78, 5) is 12.2. The molecule has 1 amide bonds. The zero-order valence-corrected chi connectivity index (χ0v) is 18.2. The lowest BCUT2D eigenvalue weighted by molar-refractivity contribution is -0.113. The fourth-order valence-electron chi connectivity index (χ4n) is 2.71. The molecule has 152 valence electrons. The first-order chi connectivity index (χ1) is 13.6. The van der Waals surface area contributed by atoms with Crippen LogP contribution >= 0.6 is 23.4 Å². The second-order valence-electron chi connectivity index (χ2n) is 7.66. The molecule has 0 radical (unpaired) electrons. The van der Waals surface area contributed by atoms with Gasteiger partial charge < -0.3 is 9.88 Å². The van der Waals surface area contributed by atoms with Gasteiger partial charge in [0, 0.05) is 18.3 Å². The summed E-state index contributed by atoms with van der Waals surface area (Å²) in [6, 6.07) is 12.3. The molecular weight excluding hydrogens is 411 g/mol. The SMILES string of the molecule is Cn1c(SCC(=O)Nc2ccc(F)c(Cl)c2)nnc1-c1ccc(C(C)(C)C)cc1. The Labute approximate surface area is 178 Å². The standard InChI is InChI=1S/C21H22ClFN4OS/c1-21(2,3)14-7-5-13(6-8-14)19-25-26-20(27(19)4)29-12-18(28)24-15-9-10-17(23)16(22)11-15/h5-11H,12H2,1-4H3,(H,24,28). The number of aromatic nitrogens is 3. The van der Waals surface area contributed by atoms with Crippen molar-refractivity contribution in [2.75, 3.05) is 11.1 Å². The van der Waals surface area contributed by atoms with Crippen LogP contribution in [0.3, 0.4) is 0 Å². The van der Waals surface area contributed by atoms with Crippen LogP contribution in [0.25, 0.3) is 11.4 Å². The molecule has 0 spiro atoms. The topological polar surface area (TPSA) is 59.8 Å². The molecule has 0 saturated carbocycles. The number of nitrogens with zero attached hydrogens (tertiary/aromatic N) is 3. The van der Waals surface area contributed by atoms with Crippen molar-refractivity contribution in [1.29, 1.82) is 0 Å². The molecule has 3 aromatic rings. The Kier molecular flexibility index (Phi) is 6.29. The van der Waals surface area contributed by atoms with E-state index in [-0.39, 0.29) is 22.1 Å². The zero-order valence-electron chi connectivity index (χ0n) is 16.7. The Morgan fingerprint density at radius 1 is 1.17 bits per heavy atom. The third-order valence-corrected chi connectivity index (χ3v) is 5.69. The predicted molar refractivity (Wildman–Crippen MR) is 116 cm³/mol. The first kappa shape index (κ1) is 21.3. The van der Waals surface area contributed by atoms with E-state index in [1.54, 1.807) is 0 Å². The number of rotatable bonds is 5. The van der Waals surface area contributed by atoms with E-state index in [9.17, 15) is 9.18 Å². The summed E-state index contributed by atoms with van der Waals surface area (Å²) in [5, 5.41) is 11.7.